The zero-order chi connectivity index (χ0) is 30.4. The third-order valence-corrected chi connectivity index (χ3v) is 11.4. The Morgan fingerprint density at radius 2 is 1.70 bits per heavy atom. The van der Waals surface area contributed by atoms with Crippen molar-refractivity contribution in [1.29, 1.82) is 0 Å². The number of nitrogens with one attached hydrogen (secondary N) is 1. The van der Waals surface area contributed by atoms with Gasteiger partial charge in [-0.2, -0.15) is 20.5 Å². The molecule has 43 heavy (non-hydrogen) atoms. The first kappa shape index (κ1) is 29.8. The molecule has 1 spiro atoms. The number of sulfonamides is 1. The van der Waals surface area contributed by atoms with Gasteiger partial charge in [0.05, 0.1) is 16.6 Å². The van der Waals surface area contributed by atoms with Crippen LogP contribution in [-0.4, -0.2) is 38.5 Å². The van der Waals surface area contributed by atoms with Crippen LogP contribution in [0.15, 0.2) is 71.6 Å². The molecule has 1 N–H and O–H groups in total. The zero-order valence-corrected chi connectivity index (χ0v) is 24.7. The Labute approximate surface area is 251 Å². The molecule has 1 atom stereocenters. The molecule has 2 aliphatic heterocycles. The average molecular weight is 635 g/mol. The van der Waals surface area contributed by atoms with Crippen molar-refractivity contribution in [3.8, 4) is 5.75 Å². The lowest BCUT2D eigenvalue weighted by Crippen LogP contribution is -2.50. The highest BCUT2D eigenvalue weighted by Gasteiger charge is 2.59. The largest absolute Gasteiger partial charge is 0.435 e. The molecular weight excluding hydrogens is 604 g/mol. The van der Waals surface area contributed by atoms with E-state index in [-0.39, 0.29) is 34.7 Å². The van der Waals surface area contributed by atoms with E-state index >= 15 is 0 Å². The van der Waals surface area contributed by atoms with Crippen LogP contribution < -0.4 is 14.4 Å². The number of thioether (sulfide) groups is 1. The number of hydrogen-bond donors (Lipinski definition) is 1. The first-order valence-corrected chi connectivity index (χ1v) is 16.7. The van der Waals surface area contributed by atoms with Gasteiger partial charge in [0.25, 0.3) is 22.4 Å². The number of carbonyl (C=O) groups is 1. The smallest absolute Gasteiger partial charge is 0.387 e. The van der Waals surface area contributed by atoms with Gasteiger partial charge in [0.2, 0.25) is 0 Å². The molecule has 0 aromatic heterocycles. The lowest BCUT2D eigenvalue weighted by atomic mass is 9.70. The summed E-state index contributed by atoms with van der Waals surface area (Å²) in [6, 6.07) is 15.7. The molecule has 0 bridgehead atoms. The Balaban J connectivity index is 1.36. The summed E-state index contributed by atoms with van der Waals surface area (Å²) in [5.74, 6) is 1.26. The number of carbonyl (C=O) groups excluding carboxylic acids is 1. The van der Waals surface area contributed by atoms with E-state index in [1.165, 1.54) is 40.7 Å². The molecule has 6 rings (SSSR count). The molecular formula is C31H30F4N2O4S2. The van der Waals surface area contributed by atoms with Crippen molar-refractivity contribution in [2.45, 2.75) is 61.6 Å². The van der Waals surface area contributed by atoms with Crippen molar-refractivity contribution < 1.29 is 35.5 Å². The Morgan fingerprint density at radius 1 is 1.00 bits per heavy atom. The van der Waals surface area contributed by atoms with E-state index in [4.69, 9.17) is 0 Å². The second kappa shape index (κ2) is 11.7. The third-order valence-electron chi connectivity index (χ3n) is 8.64. The highest BCUT2D eigenvalue weighted by molar-refractivity contribution is 7.99. The van der Waals surface area contributed by atoms with Crippen molar-refractivity contribution >= 4 is 33.4 Å². The minimum atomic E-state index is -4.11. The second-order valence-corrected chi connectivity index (χ2v) is 14.2. The van der Waals surface area contributed by atoms with Crippen molar-refractivity contribution in [3.05, 3.63) is 89.0 Å². The van der Waals surface area contributed by atoms with Gasteiger partial charge in [-0.1, -0.05) is 24.3 Å². The quantitative estimate of drug-likeness (QED) is 0.259. The molecule has 2 fully saturated rings. The van der Waals surface area contributed by atoms with Gasteiger partial charge in [0, 0.05) is 23.1 Å². The maximum Gasteiger partial charge on any atom is 0.387 e. The van der Waals surface area contributed by atoms with E-state index in [2.05, 4.69) is 10.1 Å². The molecule has 228 valence electrons. The molecule has 1 aliphatic carbocycles. The number of ether oxygens (including phenoxy) is 1. The highest BCUT2D eigenvalue weighted by Crippen LogP contribution is 2.59. The van der Waals surface area contributed by atoms with E-state index in [1.54, 1.807) is 30.3 Å². The van der Waals surface area contributed by atoms with Crippen LogP contribution >= 0.6 is 11.8 Å². The predicted molar refractivity (Wildman–Crippen MR) is 156 cm³/mol. The summed E-state index contributed by atoms with van der Waals surface area (Å²) >= 11 is 1.81. The fourth-order valence-corrected chi connectivity index (χ4v) is 9.55. The molecule has 3 aliphatic rings. The lowest BCUT2D eigenvalue weighted by molar-refractivity contribution is -0.0498. The first-order chi connectivity index (χ1) is 20.6. The number of alkyl halides is 4. The van der Waals surface area contributed by atoms with Crippen LogP contribution in [0.2, 0.25) is 0 Å². The monoisotopic (exact) mass is 634 g/mol. The molecule has 1 saturated carbocycles. The van der Waals surface area contributed by atoms with Gasteiger partial charge in [0.1, 0.15) is 5.75 Å². The summed E-state index contributed by atoms with van der Waals surface area (Å²) in [5, 5.41) is 2.75. The number of amides is 1. The number of fused-ring (bicyclic) bond motifs is 2. The zero-order valence-electron chi connectivity index (χ0n) is 23.0. The van der Waals surface area contributed by atoms with Crippen molar-refractivity contribution in [2.24, 2.45) is 5.92 Å². The lowest BCUT2D eigenvalue weighted by Gasteiger charge is -2.41. The predicted octanol–water partition coefficient (Wildman–Crippen LogP) is 6.91. The normalized spacial score (nSPS) is 19.6. The van der Waals surface area contributed by atoms with Crippen LogP contribution in [0.5, 0.6) is 5.75 Å². The Bertz CT molecular complexity index is 1610. The SMILES string of the molecule is O=C(NCc1ccccc1C(F)F)c1ccc2c(c1)C1(CCSCC1)C(C1CC1)N2S(=O)(=O)c1ccc(OC(F)F)cc1. The summed E-state index contributed by atoms with van der Waals surface area (Å²) in [4.78, 5) is 13.3. The molecule has 6 nitrogen and oxygen atoms in total. The second-order valence-electron chi connectivity index (χ2n) is 11.1. The summed E-state index contributed by atoms with van der Waals surface area (Å²) < 4.78 is 86.7. The first-order valence-electron chi connectivity index (χ1n) is 14.1. The standard InChI is InChI=1S/C31H30F4N2O4S2/c32-28(33)24-4-2-1-3-21(24)18-36-29(38)20-7-12-26-25(17-20)31(13-15-42-16-14-31)27(19-5-6-19)37(26)43(39,40)23-10-8-22(9-11-23)41-30(34)35/h1-4,7-12,17,19,27-28,30H,5-6,13-16,18H2,(H,36,38). The maximum absolute atomic E-state index is 14.3. The molecule has 3 aromatic rings. The molecule has 0 radical (unpaired) electrons. The highest BCUT2D eigenvalue weighted by atomic mass is 32.2. The van der Waals surface area contributed by atoms with E-state index in [0.29, 0.717) is 16.8 Å². The minimum Gasteiger partial charge on any atom is -0.435 e. The molecule has 12 heteroatoms. The van der Waals surface area contributed by atoms with Gasteiger partial charge in [-0.25, -0.2) is 17.2 Å². The van der Waals surface area contributed by atoms with Gasteiger partial charge in [-0.05, 0) is 96.7 Å². The number of anilines is 1. The summed E-state index contributed by atoms with van der Waals surface area (Å²) in [6.45, 7) is -3.10. The van der Waals surface area contributed by atoms with Gasteiger partial charge >= 0.3 is 6.61 Å². The van der Waals surface area contributed by atoms with Gasteiger partial charge in [-0.15, -0.1) is 0 Å². The van der Waals surface area contributed by atoms with E-state index in [9.17, 15) is 30.8 Å². The van der Waals surface area contributed by atoms with Crippen LogP contribution in [0.1, 0.15) is 59.2 Å². The van der Waals surface area contributed by atoms with Gasteiger partial charge in [-0.3, -0.25) is 9.10 Å². The summed E-state index contributed by atoms with van der Waals surface area (Å²) in [7, 11) is -4.11. The Hall–Kier alpha value is -3.25. The van der Waals surface area contributed by atoms with Crippen molar-refractivity contribution in [1.82, 2.24) is 5.32 Å². The third kappa shape index (κ3) is 5.59. The number of benzene rings is 3. The fraction of sp³-hybridized carbons (Fsp3) is 0.387. The van der Waals surface area contributed by atoms with E-state index in [1.807, 2.05) is 11.8 Å². The average Bonchev–Trinajstić information content (AvgIpc) is 3.80. The van der Waals surface area contributed by atoms with Gasteiger partial charge in [0.15, 0.2) is 0 Å². The Kier molecular flexibility index (Phi) is 8.10. The number of halogens is 4. The number of nitrogens with zero attached hydrogens (tertiary/aromatic N) is 1. The number of rotatable bonds is 9. The topological polar surface area (TPSA) is 75.7 Å². The molecule has 2 heterocycles. The summed E-state index contributed by atoms with van der Waals surface area (Å²) in [6.07, 6.45) is 0.588. The number of hydrogen-bond acceptors (Lipinski definition) is 5. The van der Waals surface area contributed by atoms with Crippen LogP contribution in [-0.2, 0) is 22.0 Å². The van der Waals surface area contributed by atoms with E-state index in [0.717, 1.165) is 42.8 Å². The van der Waals surface area contributed by atoms with Crippen LogP contribution in [0.25, 0.3) is 0 Å². The molecule has 1 unspecified atom stereocenters. The Morgan fingerprint density at radius 3 is 2.35 bits per heavy atom. The van der Waals surface area contributed by atoms with Crippen LogP contribution in [0, 0.1) is 5.92 Å². The van der Waals surface area contributed by atoms with Gasteiger partial charge < -0.3 is 10.1 Å². The maximum atomic E-state index is 14.3. The van der Waals surface area contributed by atoms with Crippen molar-refractivity contribution in [3.63, 3.8) is 0 Å². The summed E-state index contributed by atoms with van der Waals surface area (Å²) in [5.41, 5.74) is 1.32. The van der Waals surface area contributed by atoms with E-state index < -0.39 is 34.4 Å². The van der Waals surface area contributed by atoms with Crippen molar-refractivity contribution in [2.75, 3.05) is 15.8 Å². The van der Waals surface area contributed by atoms with Crippen LogP contribution in [0.3, 0.4) is 0 Å². The fourth-order valence-electron chi connectivity index (χ4n) is 6.53. The minimum absolute atomic E-state index is 0.0348. The van der Waals surface area contributed by atoms with Crippen LogP contribution in [0.4, 0.5) is 23.2 Å². The molecule has 3 aromatic carbocycles. The molecule has 1 amide bonds. The molecule has 1 saturated heterocycles.